The van der Waals surface area contributed by atoms with E-state index in [9.17, 15) is 9.59 Å². The van der Waals surface area contributed by atoms with Gasteiger partial charge in [0.2, 0.25) is 0 Å². The van der Waals surface area contributed by atoms with Crippen molar-refractivity contribution in [1.29, 1.82) is 0 Å². The van der Waals surface area contributed by atoms with Crippen molar-refractivity contribution in [3.8, 4) is 0 Å². The van der Waals surface area contributed by atoms with Crippen molar-refractivity contribution in [2.24, 2.45) is 5.41 Å². The van der Waals surface area contributed by atoms with Crippen LogP contribution in [0.4, 0.5) is 0 Å². The van der Waals surface area contributed by atoms with Gasteiger partial charge in [-0.05, 0) is 38.2 Å². The van der Waals surface area contributed by atoms with Gasteiger partial charge in [0.05, 0.1) is 11.7 Å². The molecule has 26 heavy (non-hydrogen) atoms. The van der Waals surface area contributed by atoms with Gasteiger partial charge in [-0.1, -0.05) is 44.2 Å². The predicted molar refractivity (Wildman–Crippen MR) is 101 cm³/mol. The minimum absolute atomic E-state index is 0.0830. The van der Waals surface area contributed by atoms with Gasteiger partial charge in [0.15, 0.2) is 5.78 Å². The van der Waals surface area contributed by atoms with Crippen LogP contribution >= 0.6 is 0 Å². The second-order valence-corrected chi connectivity index (χ2v) is 8.29. The average Bonchev–Trinajstić information content (AvgIpc) is 2.52. The Hall–Kier alpha value is -2.36. The molecule has 0 aromatic heterocycles. The van der Waals surface area contributed by atoms with Crippen molar-refractivity contribution in [2.75, 3.05) is 0 Å². The highest BCUT2D eigenvalue weighted by atomic mass is 16.5. The zero-order chi connectivity index (χ0) is 19.1. The molecule has 0 saturated carbocycles. The highest BCUT2D eigenvalue weighted by Crippen LogP contribution is 2.46. The summed E-state index contributed by atoms with van der Waals surface area (Å²) >= 11 is 0. The number of benzene rings is 1. The number of Topliss-reactive ketones (excluding diaryl/α,β-unsaturated/α-hetero) is 1. The summed E-state index contributed by atoms with van der Waals surface area (Å²) in [6.45, 7) is 9.77. The van der Waals surface area contributed by atoms with Crippen LogP contribution in [0.3, 0.4) is 0 Å². The summed E-state index contributed by atoms with van der Waals surface area (Å²) in [6, 6.07) is 9.77. The molecule has 0 amide bonds. The minimum atomic E-state index is -0.373. The third-order valence-electron chi connectivity index (χ3n) is 4.94. The van der Waals surface area contributed by atoms with Crippen molar-refractivity contribution in [3.05, 3.63) is 58.4 Å². The van der Waals surface area contributed by atoms with E-state index in [1.54, 1.807) is 0 Å². The van der Waals surface area contributed by atoms with Gasteiger partial charge in [-0.3, -0.25) is 4.79 Å². The molecule has 0 fully saturated rings. The second-order valence-electron chi connectivity index (χ2n) is 8.29. The Balaban J connectivity index is 2.14. The fourth-order valence-corrected chi connectivity index (χ4v) is 3.96. The molecule has 1 aliphatic heterocycles. The Kier molecular flexibility index (Phi) is 4.78. The van der Waals surface area contributed by atoms with Gasteiger partial charge in [-0.25, -0.2) is 4.79 Å². The Morgan fingerprint density at radius 3 is 2.46 bits per heavy atom. The van der Waals surface area contributed by atoms with Crippen molar-refractivity contribution < 1.29 is 14.3 Å². The van der Waals surface area contributed by atoms with Gasteiger partial charge in [0.1, 0.15) is 0 Å². The first-order chi connectivity index (χ1) is 12.2. The van der Waals surface area contributed by atoms with E-state index in [1.807, 2.05) is 51.1 Å². The van der Waals surface area contributed by atoms with Gasteiger partial charge in [0.25, 0.3) is 0 Å². The Labute approximate surface area is 155 Å². The highest BCUT2D eigenvalue weighted by molar-refractivity contribution is 6.04. The van der Waals surface area contributed by atoms with Crippen LogP contribution in [0, 0.1) is 5.41 Å². The minimum Gasteiger partial charge on any atom is -0.460 e. The summed E-state index contributed by atoms with van der Waals surface area (Å²) in [4.78, 5) is 25.9. The molecular formula is C22H27NO3. The van der Waals surface area contributed by atoms with E-state index in [1.165, 1.54) is 0 Å². The van der Waals surface area contributed by atoms with Crippen LogP contribution in [0.25, 0.3) is 0 Å². The number of ether oxygens (including phenoxy) is 1. The Morgan fingerprint density at radius 1 is 1.19 bits per heavy atom. The van der Waals surface area contributed by atoms with E-state index in [2.05, 4.69) is 19.2 Å². The first-order valence-electron chi connectivity index (χ1n) is 9.19. The molecule has 1 heterocycles. The van der Waals surface area contributed by atoms with E-state index in [0.29, 0.717) is 12.0 Å². The van der Waals surface area contributed by atoms with Crippen LogP contribution in [0.5, 0.6) is 0 Å². The van der Waals surface area contributed by atoms with Crippen LogP contribution in [-0.4, -0.2) is 17.9 Å². The maximum atomic E-state index is 13.1. The number of hydrogen-bond donors (Lipinski definition) is 1. The van der Waals surface area contributed by atoms with Crippen LogP contribution in [0.2, 0.25) is 0 Å². The number of nitrogens with one attached hydrogen (secondary N) is 1. The van der Waals surface area contributed by atoms with Crippen LogP contribution < -0.4 is 5.32 Å². The van der Waals surface area contributed by atoms with E-state index in [4.69, 9.17) is 4.74 Å². The lowest BCUT2D eigenvalue weighted by Crippen LogP contribution is -2.39. The summed E-state index contributed by atoms with van der Waals surface area (Å²) in [5.74, 6) is -0.620. The summed E-state index contributed by atoms with van der Waals surface area (Å²) in [5, 5.41) is 3.35. The maximum Gasteiger partial charge on any atom is 0.337 e. The number of esters is 1. The Morgan fingerprint density at radius 2 is 1.85 bits per heavy atom. The molecule has 4 heteroatoms. The van der Waals surface area contributed by atoms with Gasteiger partial charge in [-0.2, -0.15) is 0 Å². The number of dihydropyridines is 1. The van der Waals surface area contributed by atoms with Crippen molar-refractivity contribution in [2.45, 2.75) is 59.5 Å². The lowest BCUT2D eigenvalue weighted by atomic mass is 9.68. The first kappa shape index (κ1) is 18.4. The fraction of sp³-hybridized carbons (Fsp3) is 0.455. The van der Waals surface area contributed by atoms with Gasteiger partial charge < -0.3 is 10.1 Å². The highest BCUT2D eigenvalue weighted by Gasteiger charge is 2.43. The first-order valence-corrected chi connectivity index (χ1v) is 9.19. The van der Waals surface area contributed by atoms with Crippen molar-refractivity contribution in [3.63, 3.8) is 0 Å². The molecule has 0 radical (unpaired) electrons. The van der Waals surface area contributed by atoms with E-state index in [0.717, 1.165) is 29.0 Å². The average molecular weight is 353 g/mol. The fourth-order valence-electron chi connectivity index (χ4n) is 3.96. The molecule has 0 unspecified atom stereocenters. The second kappa shape index (κ2) is 6.75. The van der Waals surface area contributed by atoms with Crippen molar-refractivity contribution in [1.82, 2.24) is 5.32 Å². The summed E-state index contributed by atoms with van der Waals surface area (Å²) in [5.41, 5.74) is 3.84. The third-order valence-corrected chi connectivity index (χ3v) is 4.94. The third kappa shape index (κ3) is 3.46. The van der Waals surface area contributed by atoms with E-state index in [-0.39, 0.29) is 29.2 Å². The van der Waals surface area contributed by atoms with Crippen LogP contribution in [-0.2, 0) is 14.3 Å². The SMILES string of the molecule is CC1=C(C(=O)OC(C)C)[C@@H](c2ccccc2)C2=C(CC(C)(C)CC2=O)N1. The molecule has 1 aliphatic carbocycles. The molecule has 1 aromatic rings. The topological polar surface area (TPSA) is 55.4 Å². The molecule has 1 aromatic carbocycles. The number of allylic oxidation sites excluding steroid dienone is 3. The number of hydrogen-bond acceptors (Lipinski definition) is 4. The molecule has 1 atom stereocenters. The zero-order valence-corrected chi connectivity index (χ0v) is 16.2. The smallest absolute Gasteiger partial charge is 0.337 e. The molecule has 0 bridgehead atoms. The number of carbonyl (C=O) groups is 2. The van der Waals surface area contributed by atoms with E-state index < -0.39 is 0 Å². The van der Waals surface area contributed by atoms with E-state index >= 15 is 0 Å². The summed E-state index contributed by atoms with van der Waals surface area (Å²) < 4.78 is 5.50. The monoisotopic (exact) mass is 353 g/mol. The quantitative estimate of drug-likeness (QED) is 0.826. The van der Waals surface area contributed by atoms with Crippen LogP contribution in [0.15, 0.2) is 52.9 Å². The molecular weight excluding hydrogens is 326 g/mol. The van der Waals surface area contributed by atoms with Gasteiger partial charge >= 0.3 is 5.97 Å². The molecule has 138 valence electrons. The largest absolute Gasteiger partial charge is 0.460 e. The zero-order valence-electron chi connectivity index (χ0n) is 16.2. The number of rotatable bonds is 3. The molecule has 1 N–H and O–H groups in total. The summed E-state index contributed by atoms with van der Waals surface area (Å²) in [7, 11) is 0. The van der Waals surface area contributed by atoms with Crippen LogP contribution in [0.1, 0.15) is 58.9 Å². The molecule has 3 rings (SSSR count). The number of ketones is 1. The van der Waals surface area contributed by atoms with Gasteiger partial charge in [0, 0.05) is 29.3 Å². The van der Waals surface area contributed by atoms with Gasteiger partial charge in [-0.15, -0.1) is 0 Å². The lowest BCUT2D eigenvalue weighted by molar-refractivity contribution is -0.143. The van der Waals surface area contributed by atoms with Crippen molar-refractivity contribution >= 4 is 11.8 Å². The number of carbonyl (C=O) groups excluding carboxylic acids is 2. The normalized spacial score (nSPS) is 22.2. The molecule has 2 aliphatic rings. The standard InChI is InChI=1S/C22H27NO3/c1-13(2)26-21(25)18-14(3)23-16-11-22(4,5)12-17(24)20(16)19(18)15-9-7-6-8-10-15/h6-10,13,19,23H,11-12H2,1-5H3/t19-/m1/s1. The predicted octanol–water partition coefficient (Wildman–Crippen LogP) is 4.24. The lowest BCUT2D eigenvalue weighted by Gasteiger charge is -2.39. The summed E-state index contributed by atoms with van der Waals surface area (Å²) in [6.07, 6.45) is 1.07. The molecule has 4 nitrogen and oxygen atoms in total. The maximum absolute atomic E-state index is 13.1. The molecule has 0 saturated heterocycles. The molecule has 0 spiro atoms. The Bertz CT molecular complexity index is 800.